The number of hydrogen-bond donors (Lipinski definition) is 2. The van der Waals surface area contributed by atoms with Crippen molar-refractivity contribution < 1.29 is 4.74 Å². The minimum atomic E-state index is -0.0795. The summed E-state index contributed by atoms with van der Waals surface area (Å²) in [6, 6.07) is 0. The predicted octanol–water partition coefficient (Wildman–Crippen LogP) is 0.179. The van der Waals surface area contributed by atoms with Gasteiger partial charge in [-0.1, -0.05) is 5.10 Å². The summed E-state index contributed by atoms with van der Waals surface area (Å²) in [6.45, 7) is 4.92. The highest BCUT2D eigenvalue weighted by atomic mass is 16.5. The Kier molecular flexibility index (Phi) is 1.91. The average molecular weight is 183 g/mol. The minimum absolute atomic E-state index is 0.0795. The van der Waals surface area contributed by atoms with Crippen LogP contribution in [0.25, 0.3) is 0 Å². The summed E-state index contributed by atoms with van der Waals surface area (Å²) in [5.41, 5.74) is -0.0795. The van der Waals surface area contributed by atoms with E-state index in [1.807, 2.05) is 6.92 Å². The highest BCUT2D eigenvalue weighted by Crippen LogP contribution is 2.27. The molecule has 0 spiro atoms. The number of H-pyrrole nitrogens is 1. The van der Waals surface area contributed by atoms with Crippen LogP contribution in [0.5, 0.6) is 0 Å². The summed E-state index contributed by atoms with van der Waals surface area (Å²) >= 11 is 0. The van der Waals surface area contributed by atoms with Gasteiger partial charge in [-0.25, -0.2) is 0 Å². The monoisotopic (exact) mass is 183 g/mol. The van der Waals surface area contributed by atoms with Crippen molar-refractivity contribution in [3.8, 4) is 0 Å². The van der Waals surface area contributed by atoms with Gasteiger partial charge in [0.15, 0.2) is 0 Å². The summed E-state index contributed by atoms with van der Waals surface area (Å²) in [5, 5.41) is 16.8. The molecule has 1 aliphatic heterocycles. The van der Waals surface area contributed by atoms with Crippen LogP contribution in [0.4, 0.5) is 5.95 Å². The van der Waals surface area contributed by atoms with E-state index < -0.39 is 0 Å². The Balaban J connectivity index is 2.08. The lowest BCUT2D eigenvalue weighted by Crippen LogP contribution is -2.41. The molecule has 6 nitrogen and oxygen atoms in total. The number of aromatic amines is 1. The van der Waals surface area contributed by atoms with Gasteiger partial charge in [0.25, 0.3) is 5.95 Å². The molecule has 1 fully saturated rings. The second-order valence-electron chi connectivity index (χ2n) is 3.54. The first-order valence-corrected chi connectivity index (χ1v) is 4.34. The van der Waals surface area contributed by atoms with Crippen molar-refractivity contribution in [2.24, 2.45) is 0 Å². The first-order valence-electron chi connectivity index (χ1n) is 4.34. The second kappa shape index (κ2) is 2.95. The normalized spacial score (nSPS) is 33.5. The summed E-state index contributed by atoms with van der Waals surface area (Å²) < 4.78 is 5.47. The quantitative estimate of drug-likeness (QED) is 0.684. The molecule has 72 valence electrons. The molecule has 1 aromatic heterocycles. The van der Waals surface area contributed by atoms with Gasteiger partial charge in [0.2, 0.25) is 0 Å². The molecule has 0 bridgehead atoms. The SMILES string of the molecule is CC1OCCC1(C)Nc1nn[nH]n1. The molecule has 0 amide bonds. The van der Waals surface area contributed by atoms with Crippen molar-refractivity contribution in [3.05, 3.63) is 0 Å². The maximum Gasteiger partial charge on any atom is 0.263 e. The summed E-state index contributed by atoms with van der Waals surface area (Å²) in [5.74, 6) is 0.528. The minimum Gasteiger partial charge on any atom is -0.376 e. The molecule has 0 aromatic carbocycles. The van der Waals surface area contributed by atoms with Crippen molar-refractivity contribution in [1.82, 2.24) is 20.6 Å². The van der Waals surface area contributed by atoms with Crippen LogP contribution in [0.3, 0.4) is 0 Å². The Morgan fingerprint density at radius 1 is 1.69 bits per heavy atom. The first-order chi connectivity index (χ1) is 6.21. The zero-order valence-corrected chi connectivity index (χ0v) is 7.74. The fourth-order valence-corrected chi connectivity index (χ4v) is 1.47. The van der Waals surface area contributed by atoms with Gasteiger partial charge in [-0.05, 0) is 25.5 Å². The van der Waals surface area contributed by atoms with Crippen molar-refractivity contribution in [3.63, 3.8) is 0 Å². The predicted molar refractivity (Wildman–Crippen MR) is 46.2 cm³/mol. The fraction of sp³-hybridized carbons (Fsp3) is 0.857. The number of rotatable bonds is 2. The molecular weight excluding hydrogens is 170 g/mol. The molecular formula is C7H13N5O. The van der Waals surface area contributed by atoms with Gasteiger partial charge in [0.1, 0.15) is 0 Å². The fourth-order valence-electron chi connectivity index (χ4n) is 1.47. The van der Waals surface area contributed by atoms with E-state index in [4.69, 9.17) is 4.74 Å². The average Bonchev–Trinajstić information content (AvgIpc) is 2.65. The van der Waals surface area contributed by atoms with E-state index in [2.05, 4.69) is 32.9 Å². The van der Waals surface area contributed by atoms with Crippen LogP contribution >= 0.6 is 0 Å². The Labute approximate surface area is 76.1 Å². The molecule has 6 heteroatoms. The molecule has 1 aliphatic rings. The number of nitrogens with zero attached hydrogens (tertiary/aromatic N) is 3. The van der Waals surface area contributed by atoms with Crippen LogP contribution in [0.15, 0.2) is 0 Å². The summed E-state index contributed by atoms with van der Waals surface area (Å²) in [4.78, 5) is 0. The lowest BCUT2D eigenvalue weighted by Gasteiger charge is -2.27. The van der Waals surface area contributed by atoms with Crippen molar-refractivity contribution in [1.29, 1.82) is 0 Å². The van der Waals surface area contributed by atoms with Gasteiger partial charge in [-0.2, -0.15) is 5.21 Å². The Morgan fingerprint density at radius 3 is 3.08 bits per heavy atom. The van der Waals surface area contributed by atoms with Crippen molar-refractivity contribution in [2.75, 3.05) is 11.9 Å². The molecule has 0 saturated carbocycles. The molecule has 2 rings (SSSR count). The van der Waals surface area contributed by atoms with Crippen LogP contribution in [-0.4, -0.2) is 38.9 Å². The van der Waals surface area contributed by atoms with E-state index in [0.717, 1.165) is 13.0 Å². The maximum absolute atomic E-state index is 5.47. The highest BCUT2D eigenvalue weighted by Gasteiger charge is 2.37. The van der Waals surface area contributed by atoms with E-state index >= 15 is 0 Å². The number of ether oxygens (including phenoxy) is 1. The molecule has 1 aromatic rings. The van der Waals surface area contributed by atoms with E-state index in [1.165, 1.54) is 0 Å². The molecule has 2 N–H and O–H groups in total. The largest absolute Gasteiger partial charge is 0.376 e. The van der Waals surface area contributed by atoms with Gasteiger partial charge in [-0.3, -0.25) is 0 Å². The van der Waals surface area contributed by atoms with Gasteiger partial charge in [0.05, 0.1) is 11.6 Å². The number of tetrazole rings is 1. The van der Waals surface area contributed by atoms with Gasteiger partial charge >= 0.3 is 0 Å². The Hall–Kier alpha value is -1.17. The molecule has 0 aliphatic carbocycles. The van der Waals surface area contributed by atoms with Gasteiger partial charge < -0.3 is 10.1 Å². The molecule has 2 atom stereocenters. The highest BCUT2D eigenvalue weighted by molar-refractivity contribution is 5.27. The molecule has 2 heterocycles. The molecule has 1 saturated heterocycles. The first kappa shape index (κ1) is 8.43. The van der Waals surface area contributed by atoms with Crippen LogP contribution in [0, 0.1) is 0 Å². The second-order valence-corrected chi connectivity index (χ2v) is 3.54. The standard InChI is InChI=1S/C7H13N5O/c1-5-7(2,3-4-13-5)8-6-9-11-12-10-6/h5H,3-4H2,1-2H3,(H2,8,9,10,11,12). The molecule has 0 radical (unpaired) electrons. The summed E-state index contributed by atoms with van der Waals surface area (Å²) in [6.07, 6.45) is 1.13. The zero-order valence-electron chi connectivity index (χ0n) is 7.74. The third-order valence-electron chi connectivity index (χ3n) is 2.63. The van der Waals surface area contributed by atoms with Crippen molar-refractivity contribution in [2.45, 2.75) is 31.9 Å². The smallest absolute Gasteiger partial charge is 0.263 e. The van der Waals surface area contributed by atoms with E-state index in [-0.39, 0.29) is 11.6 Å². The van der Waals surface area contributed by atoms with E-state index in [0.29, 0.717) is 5.95 Å². The van der Waals surface area contributed by atoms with Gasteiger partial charge in [-0.15, -0.1) is 5.10 Å². The van der Waals surface area contributed by atoms with Crippen LogP contribution < -0.4 is 5.32 Å². The lowest BCUT2D eigenvalue weighted by molar-refractivity contribution is 0.105. The van der Waals surface area contributed by atoms with E-state index in [9.17, 15) is 0 Å². The maximum atomic E-state index is 5.47. The molecule has 2 unspecified atom stereocenters. The van der Waals surface area contributed by atoms with Crippen LogP contribution in [0.2, 0.25) is 0 Å². The van der Waals surface area contributed by atoms with Crippen LogP contribution in [0.1, 0.15) is 20.3 Å². The Bertz CT molecular complexity index is 274. The number of anilines is 1. The zero-order chi connectivity index (χ0) is 9.31. The number of aromatic nitrogens is 4. The third-order valence-corrected chi connectivity index (χ3v) is 2.63. The third kappa shape index (κ3) is 1.49. The number of nitrogens with one attached hydrogen (secondary N) is 2. The number of hydrogen-bond acceptors (Lipinski definition) is 5. The molecule has 13 heavy (non-hydrogen) atoms. The van der Waals surface area contributed by atoms with Crippen LogP contribution in [-0.2, 0) is 4.74 Å². The summed E-state index contributed by atoms with van der Waals surface area (Å²) in [7, 11) is 0. The van der Waals surface area contributed by atoms with E-state index in [1.54, 1.807) is 0 Å². The Morgan fingerprint density at radius 2 is 2.54 bits per heavy atom. The van der Waals surface area contributed by atoms with Crippen molar-refractivity contribution >= 4 is 5.95 Å². The topological polar surface area (TPSA) is 75.7 Å². The lowest BCUT2D eigenvalue weighted by atomic mass is 9.95. The van der Waals surface area contributed by atoms with Gasteiger partial charge in [0, 0.05) is 6.61 Å².